The molecule has 0 unspecified atom stereocenters. The molecule has 1 aromatic heterocycles. The molecule has 0 spiro atoms. The summed E-state index contributed by atoms with van der Waals surface area (Å²) in [5.41, 5.74) is 1.45. The maximum absolute atomic E-state index is 13.9. The van der Waals surface area contributed by atoms with Crippen LogP contribution >= 0.6 is 15.9 Å². The minimum absolute atomic E-state index is 0.114. The van der Waals surface area contributed by atoms with Gasteiger partial charge in [-0.3, -0.25) is 0 Å². The smallest absolute Gasteiger partial charge is 0.243 e. The molecule has 0 aliphatic carbocycles. The molecule has 0 saturated carbocycles. The lowest BCUT2D eigenvalue weighted by Crippen LogP contribution is -2.10. The molecule has 0 fully saturated rings. The standard InChI is InChI=1S/C21H25BrFN5O2/c1-3-5-10-28-21(25-26-27-28)24-13-16-11-19(29-4-2)20(12-17(16)22)30-14-15-8-6-7-9-18(15)23/h6-9,11-12H,3-5,10,13-14H2,1-2H3,(H,24,25,27). The summed E-state index contributed by atoms with van der Waals surface area (Å²) < 4.78 is 28.1. The van der Waals surface area contributed by atoms with Gasteiger partial charge in [0.05, 0.1) is 6.61 Å². The largest absolute Gasteiger partial charge is 0.490 e. The Bertz CT molecular complexity index is 966. The first-order chi connectivity index (χ1) is 14.6. The molecule has 3 rings (SSSR count). The molecule has 160 valence electrons. The Morgan fingerprint density at radius 2 is 1.90 bits per heavy atom. The monoisotopic (exact) mass is 477 g/mol. The van der Waals surface area contributed by atoms with E-state index in [0.29, 0.717) is 36.2 Å². The molecule has 3 aromatic rings. The zero-order chi connectivity index (χ0) is 21.3. The number of rotatable bonds is 11. The van der Waals surface area contributed by atoms with Crippen LogP contribution in [0.2, 0.25) is 0 Å². The van der Waals surface area contributed by atoms with Gasteiger partial charge in [-0.15, -0.1) is 0 Å². The van der Waals surface area contributed by atoms with Crippen molar-refractivity contribution in [1.82, 2.24) is 20.2 Å². The number of hydrogen-bond acceptors (Lipinski definition) is 6. The Morgan fingerprint density at radius 3 is 2.67 bits per heavy atom. The Balaban J connectivity index is 1.72. The maximum Gasteiger partial charge on any atom is 0.243 e. The number of halogens is 2. The van der Waals surface area contributed by atoms with Crippen molar-refractivity contribution >= 4 is 21.9 Å². The molecule has 1 N–H and O–H groups in total. The van der Waals surface area contributed by atoms with Gasteiger partial charge in [0.15, 0.2) is 11.5 Å². The van der Waals surface area contributed by atoms with Crippen LogP contribution in [0, 0.1) is 5.82 Å². The average molecular weight is 478 g/mol. The lowest BCUT2D eigenvalue weighted by atomic mass is 10.2. The van der Waals surface area contributed by atoms with E-state index in [4.69, 9.17) is 9.47 Å². The van der Waals surface area contributed by atoms with Gasteiger partial charge in [-0.05, 0) is 47.5 Å². The number of nitrogens with zero attached hydrogens (tertiary/aromatic N) is 4. The Hall–Kier alpha value is -2.68. The molecule has 0 saturated heterocycles. The summed E-state index contributed by atoms with van der Waals surface area (Å²) in [4.78, 5) is 0. The SMILES string of the molecule is CCCCn1nnnc1NCc1cc(OCC)c(OCc2ccccc2F)cc1Br. The highest BCUT2D eigenvalue weighted by Gasteiger charge is 2.13. The van der Waals surface area contributed by atoms with E-state index in [1.165, 1.54) is 6.07 Å². The summed E-state index contributed by atoms with van der Waals surface area (Å²) in [7, 11) is 0. The average Bonchev–Trinajstić information content (AvgIpc) is 3.19. The number of ether oxygens (including phenoxy) is 2. The fraction of sp³-hybridized carbons (Fsp3) is 0.381. The number of hydrogen-bond donors (Lipinski definition) is 1. The van der Waals surface area contributed by atoms with E-state index in [-0.39, 0.29) is 12.4 Å². The van der Waals surface area contributed by atoms with E-state index in [2.05, 4.69) is 43.7 Å². The van der Waals surface area contributed by atoms with Crippen LogP contribution in [0.5, 0.6) is 11.5 Å². The van der Waals surface area contributed by atoms with Gasteiger partial charge in [-0.1, -0.05) is 52.6 Å². The first kappa shape index (κ1) is 22.0. The van der Waals surface area contributed by atoms with Crippen molar-refractivity contribution in [3.8, 4) is 11.5 Å². The van der Waals surface area contributed by atoms with Gasteiger partial charge in [-0.25, -0.2) is 9.07 Å². The van der Waals surface area contributed by atoms with E-state index in [0.717, 1.165) is 29.4 Å². The Morgan fingerprint density at radius 1 is 1.10 bits per heavy atom. The lowest BCUT2D eigenvalue weighted by Gasteiger charge is -2.16. The summed E-state index contributed by atoms with van der Waals surface area (Å²) in [6, 6.07) is 10.3. The second-order valence-corrected chi connectivity index (χ2v) is 7.49. The van der Waals surface area contributed by atoms with Crippen molar-refractivity contribution in [3.63, 3.8) is 0 Å². The van der Waals surface area contributed by atoms with E-state index in [9.17, 15) is 4.39 Å². The molecular weight excluding hydrogens is 453 g/mol. The second kappa shape index (κ2) is 10.9. The minimum Gasteiger partial charge on any atom is -0.490 e. The van der Waals surface area contributed by atoms with E-state index in [1.54, 1.807) is 22.9 Å². The van der Waals surface area contributed by atoms with Crippen LogP contribution in [0.4, 0.5) is 10.3 Å². The van der Waals surface area contributed by atoms with Gasteiger partial charge in [0, 0.05) is 23.1 Å². The zero-order valence-corrected chi connectivity index (χ0v) is 18.7. The Kier molecular flexibility index (Phi) is 8.01. The van der Waals surface area contributed by atoms with Crippen LogP contribution in [0.3, 0.4) is 0 Å². The summed E-state index contributed by atoms with van der Waals surface area (Å²) in [6.07, 6.45) is 2.07. The number of nitrogens with one attached hydrogen (secondary N) is 1. The first-order valence-electron chi connectivity index (χ1n) is 9.93. The molecule has 30 heavy (non-hydrogen) atoms. The molecule has 1 heterocycles. The number of anilines is 1. The van der Waals surface area contributed by atoms with Crippen LogP contribution in [0.25, 0.3) is 0 Å². The van der Waals surface area contributed by atoms with E-state index >= 15 is 0 Å². The summed E-state index contributed by atoms with van der Waals surface area (Å²) >= 11 is 3.59. The summed E-state index contributed by atoms with van der Waals surface area (Å²) in [6.45, 7) is 5.89. The molecule has 0 bridgehead atoms. The third-order valence-electron chi connectivity index (χ3n) is 4.45. The fourth-order valence-corrected chi connectivity index (χ4v) is 3.29. The predicted molar refractivity (Wildman–Crippen MR) is 116 cm³/mol. The van der Waals surface area contributed by atoms with Crippen molar-refractivity contribution in [3.05, 3.63) is 57.8 Å². The summed E-state index contributed by atoms with van der Waals surface area (Å²) in [5, 5.41) is 15.1. The van der Waals surface area contributed by atoms with Crippen molar-refractivity contribution in [2.45, 2.75) is 46.4 Å². The van der Waals surface area contributed by atoms with Gasteiger partial charge in [0.1, 0.15) is 12.4 Å². The van der Waals surface area contributed by atoms with Crippen LogP contribution in [0.15, 0.2) is 40.9 Å². The molecule has 0 amide bonds. The van der Waals surface area contributed by atoms with Gasteiger partial charge in [-0.2, -0.15) is 0 Å². The van der Waals surface area contributed by atoms with Crippen LogP contribution in [-0.2, 0) is 19.7 Å². The normalized spacial score (nSPS) is 10.8. The van der Waals surface area contributed by atoms with E-state index < -0.39 is 0 Å². The van der Waals surface area contributed by atoms with Crippen molar-refractivity contribution in [2.75, 3.05) is 11.9 Å². The molecule has 7 nitrogen and oxygen atoms in total. The number of tetrazole rings is 1. The van der Waals surface area contributed by atoms with Crippen molar-refractivity contribution in [2.24, 2.45) is 0 Å². The number of benzene rings is 2. The van der Waals surface area contributed by atoms with Crippen LogP contribution in [0.1, 0.15) is 37.8 Å². The molecule has 0 atom stereocenters. The number of unbranched alkanes of at least 4 members (excludes halogenated alkanes) is 1. The van der Waals surface area contributed by atoms with Gasteiger partial charge < -0.3 is 14.8 Å². The lowest BCUT2D eigenvalue weighted by molar-refractivity contribution is 0.265. The van der Waals surface area contributed by atoms with Crippen molar-refractivity contribution < 1.29 is 13.9 Å². The highest BCUT2D eigenvalue weighted by molar-refractivity contribution is 9.10. The van der Waals surface area contributed by atoms with Gasteiger partial charge in [0.25, 0.3) is 0 Å². The predicted octanol–water partition coefficient (Wildman–Crippen LogP) is 4.96. The molecule has 0 aliphatic rings. The number of aryl methyl sites for hydroxylation is 1. The third-order valence-corrected chi connectivity index (χ3v) is 5.18. The molecule has 2 aromatic carbocycles. The molecular formula is C21H25BrFN5O2. The highest BCUT2D eigenvalue weighted by atomic mass is 79.9. The first-order valence-corrected chi connectivity index (χ1v) is 10.7. The Labute approximate surface area is 183 Å². The quantitative estimate of drug-likeness (QED) is 0.420. The van der Waals surface area contributed by atoms with Gasteiger partial charge in [0.2, 0.25) is 5.95 Å². The van der Waals surface area contributed by atoms with E-state index in [1.807, 2.05) is 19.1 Å². The molecule has 0 aliphatic heterocycles. The fourth-order valence-electron chi connectivity index (χ4n) is 2.83. The maximum atomic E-state index is 13.9. The highest BCUT2D eigenvalue weighted by Crippen LogP contribution is 2.35. The zero-order valence-electron chi connectivity index (χ0n) is 17.1. The molecule has 0 radical (unpaired) electrons. The van der Waals surface area contributed by atoms with Crippen molar-refractivity contribution in [1.29, 1.82) is 0 Å². The topological polar surface area (TPSA) is 74.1 Å². The summed E-state index contributed by atoms with van der Waals surface area (Å²) in [5.74, 6) is 1.47. The molecule has 9 heteroatoms. The van der Waals surface area contributed by atoms with Crippen LogP contribution in [-0.4, -0.2) is 26.8 Å². The second-order valence-electron chi connectivity index (χ2n) is 6.64. The minimum atomic E-state index is -0.295. The number of aromatic nitrogens is 4. The van der Waals surface area contributed by atoms with Crippen LogP contribution < -0.4 is 14.8 Å². The van der Waals surface area contributed by atoms with Gasteiger partial charge >= 0.3 is 0 Å². The third kappa shape index (κ3) is 5.69.